The second-order valence-electron chi connectivity index (χ2n) is 6.79. The number of nitrogens with zero attached hydrogens (tertiary/aromatic N) is 1. The molecule has 0 aromatic heterocycles. The molecule has 0 bridgehead atoms. The highest BCUT2D eigenvalue weighted by Gasteiger charge is 2.30. The summed E-state index contributed by atoms with van der Waals surface area (Å²) in [6, 6.07) is 11.7. The molecule has 2 aliphatic rings. The van der Waals surface area contributed by atoms with Crippen molar-refractivity contribution in [2.45, 2.75) is 51.0 Å². The van der Waals surface area contributed by atoms with Gasteiger partial charge in [0.25, 0.3) is 0 Å². The number of piperazine rings is 1. The molecule has 2 nitrogen and oxygen atoms in total. The van der Waals surface area contributed by atoms with Gasteiger partial charge in [-0.25, -0.2) is 0 Å². The molecule has 1 unspecified atom stereocenters. The molecule has 1 N–H and O–H groups in total. The lowest BCUT2D eigenvalue weighted by Gasteiger charge is -2.42. The number of aryl methyl sites for hydroxylation is 1. The molecule has 1 saturated heterocycles. The summed E-state index contributed by atoms with van der Waals surface area (Å²) in [5.74, 6) is 0.947. The van der Waals surface area contributed by atoms with E-state index in [1.165, 1.54) is 76.7 Å². The van der Waals surface area contributed by atoms with Gasteiger partial charge in [-0.3, -0.25) is 4.90 Å². The van der Waals surface area contributed by atoms with E-state index in [9.17, 15) is 0 Å². The largest absolute Gasteiger partial charge is 0.314 e. The van der Waals surface area contributed by atoms with Gasteiger partial charge in [0, 0.05) is 25.7 Å². The highest BCUT2D eigenvalue weighted by atomic mass is 15.2. The molecule has 2 heteroatoms. The molecule has 1 heterocycles. The summed E-state index contributed by atoms with van der Waals surface area (Å²) in [6.45, 7) is 4.91. The van der Waals surface area contributed by atoms with E-state index in [-0.39, 0.29) is 0 Å². The first-order valence-corrected chi connectivity index (χ1v) is 8.92. The minimum Gasteiger partial charge on any atom is -0.314 e. The Bertz CT molecular complexity index is 397. The Morgan fingerprint density at radius 2 is 1.86 bits per heavy atom. The zero-order valence-corrected chi connectivity index (χ0v) is 13.3. The average Bonchev–Trinajstić information content (AvgIpc) is 2.57. The van der Waals surface area contributed by atoms with Crippen LogP contribution in [0.15, 0.2) is 30.3 Å². The maximum atomic E-state index is 3.63. The summed E-state index contributed by atoms with van der Waals surface area (Å²) in [5, 5.41) is 3.63. The van der Waals surface area contributed by atoms with Crippen LogP contribution in [-0.2, 0) is 6.42 Å². The smallest absolute Gasteiger partial charge is 0.0249 e. The fourth-order valence-corrected chi connectivity index (χ4v) is 4.16. The Kier molecular flexibility index (Phi) is 5.70. The third kappa shape index (κ3) is 4.31. The third-order valence-corrected chi connectivity index (χ3v) is 5.35. The molecule has 2 fully saturated rings. The summed E-state index contributed by atoms with van der Waals surface area (Å²) < 4.78 is 0. The molecule has 0 spiro atoms. The van der Waals surface area contributed by atoms with Crippen LogP contribution in [-0.4, -0.2) is 37.1 Å². The van der Waals surface area contributed by atoms with Crippen molar-refractivity contribution >= 4 is 0 Å². The first-order valence-electron chi connectivity index (χ1n) is 8.92. The van der Waals surface area contributed by atoms with Crippen molar-refractivity contribution in [3.05, 3.63) is 35.9 Å². The topological polar surface area (TPSA) is 15.3 Å². The lowest BCUT2D eigenvalue weighted by Crippen LogP contribution is -2.54. The van der Waals surface area contributed by atoms with Gasteiger partial charge in [-0.15, -0.1) is 0 Å². The number of rotatable bonds is 5. The van der Waals surface area contributed by atoms with Gasteiger partial charge in [0.05, 0.1) is 0 Å². The van der Waals surface area contributed by atoms with Crippen LogP contribution in [0.25, 0.3) is 0 Å². The van der Waals surface area contributed by atoms with E-state index in [0.29, 0.717) is 0 Å². The maximum Gasteiger partial charge on any atom is 0.0249 e. The van der Waals surface area contributed by atoms with Crippen molar-refractivity contribution in [3.8, 4) is 0 Å². The second-order valence-corrected chi connectivity index (χ2v) is 6.79. The van der Waals surface area contributed by atoms with E-state index in [4.69, 9.17) is 0 Å². The molecule has 1 atom stereocenters. The van der Waals surface area contributed by atoms with Crippen LogP contribution in [0, 0.1) is 5.92 Å². The van der Waals surface area contributed by atoms with E-state index >= 15 is 0 Å². The fourth-order valence-electron chi connectivity index (χ4n) is 4.16. The van der Waals surface area contributed by atoms with E-state index < -0.39 is 0 Å². The molecule has 1 saturated carbocycles. The minimum absolute atomic E-state index is 0.801. The van der Waals surface area contributed by atoms with Gasteiger partial charge in [0.1, 0.15) is 0 Å². The van der Waals surface area contributed by atoms with E-state index in [2.05, 4.69) is 40.5 Å². The highest BCUT2D eigenvalue weighted by molar-refractivity contribution is 5.14. The summed E-state index contributed by atoms with van der Waals surface area (Å²) in [7, 11) is 0. The summed E-state index contributed by atoms with van der Waals surface area (Å²) in [4.78, 5) is 2.79. The van der Waals surface area contributed by atoms with Crippen LogP contribution in [0.1, 0.15) is 44.1 Å². The number of hydrogen-bond donors (Lipinski definition) is 1. The molecule has 0 amide bonds. The Labute approximate surface area is 129 Å². The van der Waals surface area contributed by atoms with Crippen LogP contribution in [0.5, 0.6) is 0 Å². The molecule has 1 aliphatic heterocycles. The van der Waals surface area contributed by atoms with Gasteiger partial charge in [0.15, 0.2) is 0 Å². The Morgan fingerprint density at radius 3 is 2.67 bits per heavy atom. The van der Waals surface area contributed by atoms with Crippen LogP contribution >= 0.6 is 0 Å². The average molecular weight is 286 g/mol. The van der Waals surface area contributed by atoms with Crippen LogP contribution in [0.3, 0.4) is 0 Å². The predicted molar refractivity (Wildman–Crippen MR) is 89.6 cm³/mol. The molecule has 1 aliphatic carbocycles. The zero-order chi connectivity index (χ0) is 14.3. The molecule has 1 aromatic rings. The predicted octanol–water partition coefficient (Wildman–Crippen LogP) is 3.47. The second kappa shape index (κ2) is 7.95. The molecular formula is C19H30N2. The first kappa shape index (κ1) is 15.1. The van der Waals surface area contributed by atoms with Crippen molar-refractivity contribution in [1.29, 1.82) is 0 Å². The Balaban J connectivity index is 1.49. The van der Waals surface area contributed by atoms with Gasteiger partial charge in [0.2, 0.25) is 0 Å². The lowest BCUT2D eigenvalue weighted by atomic mass is 9.82. The van der Waals surface area contributed by atoms with Crippen LogP contribution in [0.2, 0.25) is 0 Å². The van der Waals surface area contributed by atoms with Crippen molar-refractivity contribution in [2.24, 2.45) is 5.92 Å². The molecule has 21 heavy (non-hydrogen) atoms. The quantitative estimate of drug-likeness (QED) is 0.891. The number of nitrogens with one attached hydrogen (secondary N) is 1. The van der Waals surface area contributed by atoms with Gasteiger partial charge in [-0.05, 0) is 43.7 Å². The number of benzene rings is 1. The van der Waals surface area contributed by atoms with Crippen molar-refractivity contribution < 1.29 is 0 Å². The van der Waals surface area contributed by atoms with E-state index in [1.807, 2.05) is 0 Å². The minimum atomic E-state index is 0.801. The van der Waals surface area contributed by atoms with Gasteiger partial charge in [-0.2, -0.15) is 0 Å². The SMILES string of the molecule is c1ccc(CCCN2CCNCC2C2CCCCC2)cc1. The van der Waals surface area contributed by atoms with E-state index in [1.54, 1.807) is 0 Å². The van der Waals surface area contributed by atoms with Crippen LogP contribution in [0.4, 0.5) is 0 Å². The summed E-state index contributed by atoms with van der Waals surface area (Å²) in [5.41, 5.74) is 1.49. The molecular weight excluding hydrogens is 256 g/mol. The standard InChI is InChI=1S/C19H30N2/c1-3-8-17(9-4-1)10-7-14-21-15-13-20-16-19(21)18-11-5-2-6-12-18/h1,3-4,8-9,18-20H,2,5-7,10-16H2. The zero-order valence-electron chi connectivity index (χ0n) is 13.3. The van der Waals surface area contributed by atoms with Crippen molar-refractivity contribution in [2.75, 3.05) is 26.2 Å². The fraction of sp³-hybridized carbons (Fsp3) is 0.684. The molecule has 116 valence electrons. The Morgan fingerprint density at radius 1 is 1.05 bits per heavy atom. The summed E-state index contributed by atoms with van der Waals surface area (Å²) in [6.07, 6.45) is 9.82. The van der Waals surface area contributed by atoms with Gasteiger partial charge < -0.3 is 5.32 Å². The number of hydrogen-bond acceptors (Lipinski definition) is 2. The summed E-state index contributed by atoms with van der Waals surface area (Å²) >= 11 is 0. The molecule has 0 radical (unpaired) electrons. The highest BCUT2D eigenvalue weighted by Crippen LogP contribution is 2.29. The van der Waals surface area contributed by atoms with Crippen molar-refractivity contribution in [3.63, 3.8) is 0 Å². The first-order chi connectivity index (χ1) is 10.4. The molecule has 3 rings (SSSR count). The molecule has 1 aromatic carbocycles. The third-order valence-electron chi connectivity index (χ3n) is 5.35. The normalized spacial score (nSPS) is 25.0. The monoisotopic (exact) mass is 286 g/mol. The van der Waals surface area contributed by atoms with Crippen LogP contribution < -0.4 is 5.32 Å². The van der Waals surface area contributed by atoms with E-state index in [0.717, 1.165) is 12.0 Å². The van der Waals surface area contributed by atoms with Gasteiger partial charge in [-0.1, -0.05) is 49.6 Å². The Hall–Kier alpha value is -0.860. The van der Waals surface area contributed by atoms with Gasteiger partial charge >= 0.3 is 0 Å². The maximum absolute atomic E-state index is 3.63. The lowest BCUT2D eigenvalue weighted by molar-refractivity contribution is 0.0915. The van der Waals surface area contributed by atoms with Crippen molar-refractivity contribution in [1.82, 2.24) is 10.2 Å².